The molecule has 0 atom stereocenters. The summed E-state index contributed by atoms with van der Waals surface area (Å²) in [5, 5.41) is 1.90. The number of rotatable bonds is 3. The second-order valence-electron chi connectivity index (χ2n) is 5.60. The highest BCUT2D eigenvalue weighted by Gasteiger charge is 2.29. The zero-order valence-corrected chi connectivity index (χ0v) is 13.2. The van der Waals surface area contributed by atoms with Crippen LogP contribution in [0.3, 0.4) is 0 Å². The van der Waals surface area contributed by atoms with Gasteiger partial charge in [-0.1, -0.05) is 22.9 Å². The smallest absolute Gasteiger partial charge is 0.186 e. The first-order chi connectivity index (χ1) is 10.2. The monoisotopic (exact) mass is 318 g/mol. The molecular weight excluding hydrogens is 304 g/mol. The number of imidazole rings is 1. The van der Waals surface area contributed by atoms with Crippen molar-refractivity contribution in [2.45, 2.75) is 13.5 Å². The van der Waals surface area contributed by atoms with E-state index < -0.39 is 0 Å². The summed E-state index contributed by atoms with van der Waals surface area (Å²) in [5.74, 6) is 0.677. The molecule has 0 aliphatic carbocycles. The number of thiazole rings is 1. The van der Waals surface area contributed by atoms with Crippen molar-refractivity contribution in [1.29, 1.82) is 0 Å². The molecule has 3 heterocycles. The van der Waals surface area contributed by atoms with Crippen LogP contribution in [0.1, 0.15) is 5.56 Å². The van der Waals surface area contributed by atoms with Crippen LogP contribution in [0.4, 0.5) is 5.13 Å². The van der Waals surface area contributed by atoms with Crippen LogP contribution in [0.25, 0.3) is 10.2 Å². The average molecular weight is 319 g/mol. The van der Waals surface area contributed by atoms with Gasteiger partial charge < -0.3 is 9.47 Å². The summed E-state index contributed by atoms with van der Waals surface area (Å²) in [6.45, 7) is 5.22. The predicted octanol–water partition coefficient (Wildman–Crippen LogP) is 3.59. The van der Waals surface area contributed by atoms with E-state index in [-0.39, 0.29) is 0 Å². The van der Waals surface area contributed by atoms with Crippen LogP contribution < -0.4 is 4.90 Å². The van der Waals surface area contributed by atoms with Gasteiger partial charge in [-0.05, 0) is 24.6 Å². The Bertz CT molecular complexity index is 774. The van der Waals surface area contributed by atoms with E-state index in [1.165, 1.54) is 4.70 Å². The van der Waals surface area contributed by atoms with Crippen LogP contribution in [0.15, 0.2) is 30.9 Å². The number of nitrogens with zero attached hydrogens (tertiary/aromatic N) is 4. The molecule has 21 heavy (non-hydrogen) atoms. The van der Waals surface area contributed by atoms with E-state index >= 15 is 0 Å². The molecule has 2 aromatic heterocycles. The van der Waals surface area contributed by atoms with Crippen LogP contribution in [0, 0.1) is 12.8 Å². The number of hydrogen-bond acceptors (Lipinski definition) is 4. The first-order valence-electron chi connectivity index (χ1n) is 6.96. The van der Waals surface area contributed by atoms with Crippen molar-refractivity contribution in [3.8, 4) is 0 Å². The summed E-state index contributed by atoms with van der Waals surface area (Å²) in [7, 11) is 0. The van der Waals surface area contributed by atoms with Crippen LogP contribution in [0.5, 0.6) is 0 Å². The van der Waals surface area contributed by atoms with Gasteiger partial charge in [-0.25, -0.2) is 9.97 Å². The molecule has 0 bridgehead atoms. The molecule has 1 fully saturated rings. The van der Waals surface area contributed by atoms with Crippen molar-refractivity contribution >= 4 is 38.3 Å². The molecule has 0 saturated carbocycles. The molecule has 0 unspecified atom stereocenters. The number of anilines is 1. The minimum Gasteiger partial charge on any atom is -0.347 e. The van der Waals surface area contributed by atoms with Gasteiger partial charge in [-0.3, -0.25) is 0 Å². The first kappa shape index (κ1) is 13.1. The topological polar surface area (TPSA) is 34.0 Å². The molecule has 3 aromatic rings. The number of benzene rings is 1. The van der Waals surface area contributed by atoms with Crippen LogP contribution in [-0.4, -0.2) is 27.6 Å². The maximum atomic E-state index is 6.12. The number of halogens is 1. The van der Waals surface area contributed by atoms with E-state index in [2.05, 4.69) is 21.4 Å². The van der Waals surface area contributed by atoms with Gasteiger partial charge in [0.05, 0.1) is 16.5 Å². The summed E-state index contributed by atoms with van der Waals surface area (Å²) in [6.07, 6.45) is 5.73. The highest BCUT2D eigenvalue weighted by molar-refractivity contribution is 7.22. The molecule has 1 aliphatic heterocycles. The van der Waals surface area contributed by atoms with Crippen molar-refractivity contribution in [3.63, 3.8) is 0 Å². The van der Waals surface area contributed by atoms with Crippen LogP contribution in [-0.2, 0) is 6.54 Å². The highest BCUT2D eigenvalue weighted by atomic mass is 35.5. The van der Waals surface area contributed by atoms with Gasteiger partial charge in [0, 0.05) is 43.0 Å². The molecule has 1 aromatic carbocycles. The summed E-state index contributed by atoms with van der Waals surface area (Å²) in [4.78, 5) is 11.2. The largest absolute Gasteiger partial charge is 0.347 e. The van der Waals surface area contributed by atoms with Crippen molar-refractivity contribution in [3.05, 3.63) is 41.4 Å². The average Bonchev–Trinajstić information content (AvgIpc) is 3.01. The van der Waals surface area contributed by atoms with Gasteiger partial charge in [0.15, 0.2) is 5.13 Å². The summed E-state index contributed by atoms with van der Waals surface area (Å²) >= 11 is 7.85. The molecule has 1 saturated heterocycles. The Morgan fingerprint density at radius 3 is 3.00 bits per heavy atom. The quantitative estimate of drug-likeness (QED) is 0.740. The lowest BCUT2D eigenvalue weighted by Crippen LogP contribution is -2.48. The lowest BCUT2D eigenvalue weighted by atomic mass is 10.0. The fraction of sp³-hybridized carbons (Fsp3) is 0.333. The van der Waals surface area contributed by atoms with Gasteiger partial charge in [-0.15, -0.1) is 0 Å². The van der Waals surface area contributed by atoms with E-state index in [9.17, 15) is 0 Å². The van der Waals surface area contributed by atoms with Gasteiger partial charge in [0.2, 0.25) is 0 Å². The molecule has 0 N–H and O–H groups in total. The second kappa shape index (κ2) is 5.00. The lowest BCUT2D eigenvalue weighted by molar-refractivity contribution is 0.357. The lowest BCUT2D eigenvalue weighted by Gasteiger charge is -2.39. The normalized spacial score (nSPS) is 15.6. The second-order valence-corrected chi connectivity index (χ2v) is 7.04. The molecule has 0 spiro atoms. The van der Waals surface area contributed by atoms with E-state index in [1.807, 2.05) is 30.9 Å². The van der Waals surface area contributed by atoms with Crippen molar-refractivity contribution in [2.75, 3.05) is 18.0 Å². The number of aryl methyl sites for hydroxylation is 1. The van der Waals surface area contributed by atoms with Crippen LogP contribution in [0.2, 0.25) is 5.02 Å². The summed E-state index contributed by atoms with van der Waals surface area (Å²) in [6, 6.07) is 3.99. The Hall–Kier alpha value is -1.59. The molecule has 0 amide bonds. The standard InChI is InChI=1S/C15H15ClN4S/c1-10-4-12(16)5-13-14(10)18-15(21-13)20-7-11(8-20)6-19-3-2-17-9-19/h2-5,9,11H,6-8H2,1H3. The van der Waals surface area contributed by atoms with Gasteiger partial charge in [0.1, 0.15) is 0 Å². The van der Waals surface area contributed by atoms with E-state index in [4.69, 9.17) is 16.6 Å². The minimum absolute atomic E-state index is 0.677. The Morgan fingerprint density at radius 1 is 1.38 bits per heavy atom. The molecular formula is C15H15ClN4S. The molecule has 4 nitrogen and oxygen atoms in total. The van der Waals surface area contributed by atoms with E-state index in [1.54, 1.807) is 11.3 Å². The Morgan fingerprint density at radius 2 is 2.24 bits per heavy atom. The molecule has 6 heteroatoms. The number of aromatic nitrogens is 3. The fourth-order valence-electron chi connectivity index (χ4n) is 2.81. The van der Waals surface area contributed by atoms with E-state index in [0.29, 0.717) is 5.92 Å². The van der Waals surface area contributed by atoms with Crippen molar-refractivity contribution < 1.29 is 0 Å². The molecule has 0 radical (unpaired) electrons. The summed E-state index contributed by atoms with van der Waals surface area (Å²) < 4.78 is 3.32. The third-order valence-corrected chi connectivity index (χ3v) is 5.18. The van der Waals surface area contributed by atoms with Gasteiger partial charge in [0.25, 0.3) is 0 Å². The van der Waals surface area contributed by atoms with E-state index in [0.717, 1.165) is 40.9 Å². The number of hydrogen-bond donors (Lipinski definition) is 0. The third kappa shape index (κ3) is 2.40. The first-order valence-corrected chi connectivity index (χ1v) is 8.16. The fourth-order valence-corrected chi connectivity index (χ4v) is 4.25. The van der Waals surface area contributed by atoms with Gasteiger partial charge in [-0.2, -0.15) is 0 Å². The highest BCUT2D eigenvalue weighted by Crippen LogP contribution is 2.35. The van der Waals surface area contributed by atoms with Gasteiger partial charge >= 0.3 is 0 Å². The Balaban J connectivity index is 1.50. The minimum atomic E-state index is 0.677. The van der Waals surface area contributed by atoms with Crippen molar-refractivity contribution in [1.82, 2.24) is 14.5 Å². The molecule has 4 rings (SSSR count). The molecule has 108 valence electrons. The Kier molecular flexibility index (Phi) is 3.12. The predicted molar refractivity (Wildman–Crippen MR) is 87.3 cm³/mol. The SMILES string of the molecule is Cc1cc(Cl)cc2sc(N3CC(Cn4ccnc4)C3)nc12. The third-order valence-electron chi connectivity index (χ3n) is 3.89. The summed E-state index contributed by atoms with van der Waals surface area (Å²) in [5.41, 5.74) is 2.23. The van der Waals surface area contributed by atoms with Crippen LogP contribution >= 0.6 is 22.9 Å². The number of fused-ring (bicyclic) bond motifs is 1. The van der Waals surface area contributed by atoms with Crippen molar-refractivity contribution in [2.24, 2.45) is 5.92 Å². The Labute approximate surface area is 132 Å². The maximum absolute atomic E-state index is 6.12. The zero-order chi connectivity index (χ0) is 14.4. The molecule has 1 aliphatic rings. The maximum Gasteiger partial charge on any atom is 0.186 e. The zero-order valence-electron chi connectivity index (χ0n) is 11.7.